The second-order valence-electron chi connectivity index (χ2n) is 14.1. The van der Waals surface area contributed by atoms with Crippen LogP contribution in [0.4, 0.5) is 0 Å². The molecule has 0 saturated carbocycles. The molecule has 0 saturated heterocycles. The minimum absolute atomic E-state index is 0.0907. The first-order chi connectivity index (χ1) is 27.4. The number of phosphoric acid groups is 1. The molecular weight excluding hydrogens is 721 g/mol. The number of unbranched alkanes of at least 4 members (excludes halogenated alkanes) is 14. The van der Waals surface area contributed by atoms with Gasteiger partial charge in [-0.25, -0.2) is 4.57 Å². The smallest absolute Gasteiger partial charge is 0.457 e. The van der Waals surface area contributed by atoms with Gasteiger partial charge >= 0.3 is 13.8 Å². The molecule has 2 atom stereocenters. The molecule has 8 nitrogen and oxygen atoms in total. The van der Waals surface area contributed by atoms with Gasteiger partial charge in [-0.15, -0.1) is 0 Å². The lowest BCUT2D eigenvalue weighted by atomic mass is 10.1. The second kappa shape index (κ2) is 43.8. The van der Waals surface area contributed by atoms with E-state index in [4.69, 9.17) is 24.3 Å². The average molecular weight is 804 g/mol. The largest absolute Gasteiger partial charge is 0.472 e. The fraction of sp³-hybridized carbons (Fsp3) is 0.681. The van der Waals surface area contributed by atoms with Gasteiger partial charge in [0, 0.05) is 19.6 Å². The Bertz CT molecular complexity index is 1130. The molecule has 0 rings (SSSR count). The first-order valence-electron chi connectivity index (χ1n) is 22.1. The molecule has 0 aromatic rings. The average Bonchev–Trinajstić information content (AvgIpc) is 3.19. The van der Waals surface area contributed by atoms with Gasteiger partial charge in [-0.2, -0.15) is 0 Å². The maximum absolute atomic E-state index is 12.6. The maximum atomic E-state index is 12.6. The van der Waals surface area contributed by atoms with Crippen LogP contribution in [0.15, 0.2) is 85.1 Å². The number of allylic oxidation sites excluding steroid dienone is 14. The van der Waals surface area contributed by atoms with Crippen molar-refractivity contribution < 1.29 is 32.8 Å². The Morgan fingerprint density at radius 3 is 1.41 bits per heavy atom. The van der Waals surface area contributed by atoms with Crippen LogP contribution in [0.3, 0.4) is 0 Å². The highest BCUT2D eigenvalue weighted by molar-refractivity contribution is 7.47. The number of ether oxygens (including phenoxy) is 2. The third kappa shape index (κ3) is 42.8. The number of carbonyl (C=O) groups excluding carboxylic acids is 1. The zero-order valence-electron chi connectivity index (χ0n) is 35.6. The molecule has 0 fully saturated rings. The van der Waals surface area contributed by atoms with Crippen LogP contribution >= 0.6 is 7.82 Å². The molecule has 0 amide bonds. The van der Waals surface area contributed by atoms with E-state index >= 15 is 0 Å². The number of hydrogen-bond acceptors (Lipinski definition) is 7. The summed E-state index contributed by atoms with van der Waals surface area (Å²) >= 11 is 0. The van der Waals surface area contributed by atoms with E-state index in [0.717, 1.165) is 83.5 Å². The molecule has 3 N–H and O–H groups in total. The topological polar surface area (TPSA) is 117 Å². The highest BCUT2D eigenvalue weighted by Gasteiger charge is 2.25. The summed E-state index contributed by atoms with van der Waals surface area (Å²) in [5, 5.41) is 0. The van der Waals surface area contributed by atoms with Gasteiger partial charge in [0.25, 0.3) is 0 Å². The molecule has 0 aromatic heterocycles. The van der Waals surface area contributed by atoms with Crippen molar-refractivity contribution in [3.63, 3.8) is 0 Å². The summed E-state index contributed by atoms with van der Waals surface area (Å²) < 4.78 is 33.4. The number of esters is 1. The lowest BCUT2D eigenvalue weighted by molar-refractivity contribution is -0.154. The normalized spacial score (nSPS) is 14.3. The molecule has 0 heterocycles. The summed E-state index contributed by atoms with van der Waals surface area (Å²) in [4.78, 5) is 22.4. The van der Waals surface area contributed by atoms with Gasteiger partial charge < -0.3 is 20.1 Å². The van der Waals surface area contributed by atoms with Gasteiger partial charge in [0.2, 0.25) is 0 Å². The molecule has 2 unspecified atom stereocenters. The Morgan fingerprint density at radius 2 is 0.946 bits per heavy atom. The Hall–Kier alpha value is -2.32. The predicted molar refractivity (Wildman–Crippen MR) is 238 cm³/mol. The van der Waals surface area contributed by atoms with Gasteiger partial charge in [0.15, 0.2) is 0 Å². The number of nitrogens with two attached hydrogens (primary N) is 1. The molecule has 0 aliphatic carbocycles. The van der Waals surface area contributed by atoms with Gasteiger partial charge in [-0.05, 0) is 83.5 Å². The third-order valence-corrected chi connectivity index (χ3v) is 9.79. The quantitative estimate of drug-likeness (QED) is 0.0272. The summed E-state index contributed by atoms with van der Waals surface area (Å²) in [6.07, 6.45) is 56.1. The zero-order chi connectivity index (χ0) is 40.9. The van der Waals surface area contributed by atoms with Gasteiger partial charge in [-0.3, -0.25) is 13.8 Å². The summed E-state index contributed by atoms with van der Waals surface area (Å²) in [6.45, 7) is 4.63. The fourth-order valence-corrected chi connectivity index (χ4v) is 6.41. The van der Waals surface area contributed by atoms with E-state index in [-0.39, 0.29) is 38.8 Å². The van der Waals surface area contributed by atoms with Crippen LogP contribution in [-0.4, -0.2) is 49.9 Å². The van der Waals surface area contributed by atoms with E-state index in [1.807, 2.05) is 0 Å². The van der Waals surface area contributed by atoms with Crippen molar-refractivity contribution in [2.45, 2.75) is 174 Å². The molecule has 0 spiro atoms. The monoisotopic (exact) mass is 804 g/mol. The standard InChI is InChI=1S/C47H82NO7P/c1-3-5-7-9-11-13-15-17-18-19-20-21-22-23-24-25-26-27-29-31-33-35-37-39-42-52-44-46(45-54-56(50,51)53-43-41-48)55-47(49)40-38-36-34-32-30-28-16-14-12-10-8-6-4-2/h5-8,11-14,17-18,20-21,28,30,46H,3-4,9-10,15-16,19,22-27,29,31-45,48H2,1-2H3,(H,50,51)/b7-5-,8-6-,13-11-,14-12-,18-17-,21-20-,30-28-. The van der Waals surface area contributed by atoms with E-state index < -0.39 is 13.9 Å². The minimum atomic E-state index is -4.29. The first-order valence-corrected chi connectivity index (χ1v) is 23.6. The summed E-state index contributed by atoms with van der Waals surface area (Å²) in [6, 6.07) is 0. The van der Waals surface area contributed by atoms with E-state index in [0.29, 0.717) is 6.61 Å². The minimum Gasteiger partial charge on any atom is -0.457 e. The van der Waals surface area contributed by atoms with Gasteiger partial charge in [0.05, 0.1) is 19.8 Å². The molecule has 9 heteroatoms. The van der Waals surface area contributed by atoms with Crippen LogP contribution in [0.5, 0.6) is 0 Å². The van der Waals surface area contributed by atoms with Crippen molar-refractivity contribution in [3.8, 4) is 0 Å². The molecule has 322 valence electrons. The van der Waals surface area contributed by atoms with Crippen molar-refractivity contribution in [1.82, 2.24) is 0 Å². The fourth-order valence-electron chi connectivity index (χ4n) is 5.65. The van der Waals surface area contributed by atoms with Crippen molar-refractivity contribution >= 4 is 13.8 Å². The van der Waals surface area contributed by atoms with E-state index in [9.17, 15) is 14.3 Å². The van der Waals surface area contributed by atoms with Crippen molar-refractivity contribution in [2.75, 3.05) is 33.0 Å². The van der Waals surface area contributed by atoms with E-state index in [1.54, 1.807) is 0 Å². The molecule has 0 bridgehead atoms. The van der Waals surface area contributed by atoms with Gasteiger partial charge in [0.1, 0.15) is 6.10 Å². The Labute approximate surface area is 343 Å². The van der Waals surface area contributed by atoms with Crippen LogP contribution in [-0.2, 0) is 27.9 Å². The predicted octanol–water partition coefficient (Wildman–Crippen LogP) is 13.3. The Kier molecular flexibility index (Phi) is 42.0. The zero-order valence-corrected chi connectivity index (χ0v) is 36.5. The highest BCUT2D eigenvalue weighted by Crippen LogP contribution is 2.43. The number of hydrogen-bond donors (Lipinski definition) is 2. The van der Waals surface area contributed by atoms with Crippen LogP contribution in [0, 0.1) is 0 Å². The molecule has 0 aliphatic heterocycles. The molecule has 56 heavy (non-hydrogen) atoms. The Balaban J connectivity index is 4.00. The van der Waals surface area contributed by atoms with Crippen LogP contribution in [0.1, 0.15) is 168 Å². The first kappa shape index (κ1) is 53.7. The highest BCUT2D eigenvalue weighted by atomic mass is 31.2. The maximum Gasteiger partial charge on any atom is 0.472 e. The molecule has 0 aromatic carbocycles. The third-order valence-electron chi connectivity index (χ3n) is 8.81. The van der Waals surface area contributed by atoms with E-state index in [1.165, 1.54) is 64.2 Å². The lowest BCUT2D eigenvalue weighted by Gasteiger charge is -2.20. The van der Waals surface area contributed by atoms with Crippen LogP contribution < -0.4 is 5.73 Å². The number of phosphoric ester groups is 1. The summed E-state index contributed by atoms with van der Waals surface area (Å²) in [5.74, 6) is -0.363. The van der Waals surface area contributed by atoms with Crippen molar-refractivity contribution in [3.05, 3.63) is 85.1 Å². The van der Waals surface area contributed by atoms with E-state index in [2.05, 4.69) is 98.9 Å². The van der Waals surface area contributed by atoms with Gasteiger partial charge in [-0.1, -0.05) is 163 Å². The molecule has 0 aliphatic rings. The summed E-state index contributed by atoms with van der Waals surface area (Å²) in [5.41, 5.74) is 5.36. The molecular formula is C47H82NO7P. The lowest BCUT2D eigenvalue weighted by Crippen LogP contribution is -2.28. The summed E-state index contributed by atoms with van der Waals surface area (Å²) in [7, 11) is -4.29. The molecule has 0 radical (unpaired) electrons. The second-order valence-corrected chi connectivity index (χ2v) is 15.6. The number of rotatable bonds is 41. The van der Waals surface area contributed by atoms with Crippen LogP contribution in [0.2, 0.25) is 0 Å². The van der Waals surface area contributed by atoms with Crippen LogP contribution in [0.25, 0.3) is 0 Å². The Morgan fingerprint density at radius 1 is 0.536 bits per heavy atom. The van der Waals surface area contributed by atoms with Crippen molar-refractivity contribution in [1.29, 1.82) is 0 Å². The number of carbonyl (C=O) groups is 1. The van der Waals surface area contributed by atoms with Crippen molar-refractivity contribution in [2.24, 2.45) is 5.73 Å². The SMILES string of the molecule is CC/C=C\C/C=C\C/C=C\C/C=C\CCCCCCCCCCCCCOCC(COP(=O)(O)OCCN)OC(=O)CCCCC/C=C\C/C=C\C/C=C\CC.